The highest BCUT2D eigenvalue weighted by Crippen LogP contribution is 2.34. The number of carbonyl (C=O) groups is 1. The summed E-state index contributed by atoms with van der Waals surface area (Å²) < 4.78 is 6.05. The summed E-state index contributed by atoms with van der Waals surface area (Å²) in [6.07, 6.45) is 4.93. The van der Waals surface area contributed by atoms with E-state index in [4.69, 9.17) is 9.40 Å². The van der Waals surface area contributed by atoms with Crippen molar-refractivity contribution in [3.63, 3.8) is 0 Å². The van der Waals surface area contributed by atoms with Crippen LogP contribution in [0.2, 0.25) is 0 Å². The molecule has 164 valence electrons. The van der Waals surface area contributed by atoms with Gasteiger partial charge in [0.15, 0.2) is 5.58 Å². The topological polar surface area (TPSA) is 96.7 Å². The fourth-order valence-corrected chi connectivity index (χ4v) is 3.63. The number of rotatable bonds is 4. The second-order valence-corrected chi connectivity index (χ2v) is 8.88. The number of nitrogens with zero attached hydrogens (tertiary/aromatic N) is 3. The van der Waals surface area contributed by atoms with Crippen LogP contribution in [-0.4, -0.2) is 26.1 Å². The highest BCUT2D eigenvalue weighted by Gasteiger charge is 2.19. The molecule has 5 rings (SSSR count). The van der Waals surface area contributed by atoms with E-state index in [0.717, 1.165) is 22.2 Å². The van der Waals surface area contributed by atoms with Crippen molar-refractivity contribution in [3.05, 3.63) is 84.3 Å². The molecule has 1 amide bonds. The molecule has 0 saturated heterocycles. The van der Waals surface area contributed by atoms with Crippen LogP contribution < -0.4 is 5.32 Å². The maximum atomic E-state index is 12.5. The number of hydrogen-bond donors (Lipinski definition) is 2. The molecule has 0 fully saturated rings. The average Bonchev–Trinajstić information content (AvgIpc) is 3.45. The lowest BCUT2D eigenvalue weighted by atomic mass is 9.87. The highest BCUT2D eigenvalue weighted by atomic mass is 16.3. The van der Waals surface area contributed by atoms with Crippen LogP contribution in [-0.2, 0) is 5.41 Å². The van der Waals surface area contributed by atoms with Crippen molar-refractivity contribution >= 4 is 22.7 Å². The van der Waals surface area contributed by atoms with Gasteiger partial charge in [0, 0.05) is 29.8 Å². The quantitative estimate of drug-likeness (QED) is 0.369. The molecular formula is C26H23N5O2. The van der Waals surface area contributed by atoms with E-state index in [1.54, 1.807) is 24.5 Å². The predicted octanol–water partition coefficient (Wildman–Crippen LogP) is 5.83. The average molecular weight is 438 g/mol. The number of benzene rings is 2. The van der Waals surface area contributed by atoms with E-state index in [9.17, 15) is 4.79 Å². The number of H-pyrrole nitrogens is 1. The first-order valence-corrected chi connectivity index (χ1v) is 10.7. The molecule has 0 aliphatic carbocycles. The van der Waals surface area contributed by atoms with Gasteiger partial charge in [0.1, 0.15) is 11.2 Å². The van der Waals surface area contributed by atoms with E-state index in [2.05, 4.69) is 53.4 Å². The van der Waals surface area contributed by atoms with Crippen molar-refractivity contribution in [1.29, 1.82) is 0 Å². The molecule has 2 aromatic carbocycles. The van der Waals surface area contributed by atoms with Crippen LogP contribution >= 0.6 is 0 Å². The zero-order valence-corrected chi connectivity index (χ0v) is 18.6. The summed E-state index contributed by atoms with van der Waals surface area (Å²) in [5.41, 5.74) is 6.16. The van der Waals surface area contributed by atoms with Gasteiger partial charge in [0.05, 0.1) is 11.1 Å². The molecule has 7 heteroatoms. The third-order valence-corrected chi connectivity index (χ3v) is 5.44. The van der Waals surface area contributed by atoms with Gasteiger partial charge in [-0.05, 0) is 47.4 Å². The Morgan fingerprint density at radius 1 is 1.06 bits per heavy atom. The maximum absolute atomic E-state index is 12.5. The number of oxazole rings is 1. The highest BCUT2D eigenvalue weighted by molar-refractivity contribution is 6.04. The van der Waals surface area contributed by atoms with E-state index in [0.29, 0.717) is 22.8 Å². The van der Waals surface area contributed by atoms with Crippen LogP contribution in [0.4, 0.5) is 5.69 Å². The minimum Gasteiger partial charge on any atom is -0.436 e. The minimum absolute atomic E-state index is 0.0226. The fourth-order valence-electron chi connectivity index (χ4n) is 3.63. The van der Waals surface area contributed by atoms with E-state index in [1.165, 1.54) is 11.8 Å². The van der Waals surface area contributed by atoms with Crippen LogP contribution in [0.15, 0.2) is 77.6 Å². The van der Waals surface area contributed by atoms with Crippen molar-refractivity contribution in [2.45, 2.75) is 26.2 Å². The van der Waals surface area contributed by atoms with Gasteiger partial charge in [-0.1, -0.05) is 39.0 Å². The van der Waals surface area contributed by atoms with Gasteiger partial charge in [0.25, 0.3) is 5.91 Å². The van der Waals surface area contributed by atoms with Gasteiger partial charge in [-0.25, -0.2) is 4.98 Å². The summed E-state index contributed by atoms with van der Waals surface area (Å²) in [5.74, 6) is 0.265. The number of anilines is 1. The largest absolute Gasteiger partial charge is 0.436 e. The monoisotopic (exact) mass is 437 g/mol. The minimum atomic E-state index is -0.226. The van der Waals surface area contributed by atoms with E-state index in [1.807, 2.05) is 30.3 Å². The molecule has 0 aliphatic heterocycles. The first-order valence-electron chi connectivity index (χ1n) is 10.7. The van der Waals surface area contributed by atoms with Crippen LogP contribution in [0.25, 0.3) is 33.8 Å². The van der Waals surface area contributed by atoms with Gasteiger partial charge < -0.3 is 9.73 Å². The molecule has 7 nitrogen and oxygen atoms in total. The normalized spacial score (nSPS) is 11.6. The maximum Gasteiger partial charge on any atom is 0.257 e. The Bertz CT molecular complexity index is 1440. The SMILES string of the molecule is CC(C)(C)c1ccc2oc(-c3c[nH]nc3-c3cccc(NC(=O)c4cccnc4)c3)nc2c1. The molecule has 0 unspecified atom stereocenters. The first kappa shape index (κ1) is 20.6. The summed E-state index contributed by atoms with van der Waals surface area (Å²) >= 11 is 0. The molecule has 2 N–H and O–H groups in total. The number of aromatic amines is 1. The lowest BCUT2D eigenvalue weighted by Crippen LogP contribution is -2.11. The van der Waals surface area contributed by atoms with Crippen LogP contribution in [0.1, 0.15) is 36.7 Å². The smallest absolute Gasteiger partial charge is 0.257 e. The summed E-state index contributed by atoms with van der Waals surface area (Å²) in [6, 6.07) is 17.0. The van der Waals surface area contributed by atoms with Crippen molar-refractivity contribution in [2.75, 3.05) is 5.32 Å². The lowest BCUT2D eigenvalue weighted by Gasteiger charge is -2.18. The molecule has 0 atom stereocenters. The Morgan fingerprint density at radius 2 is 1.94 bits per heavy atom. The number of amides is 1. The molecule has 33 heavy (non-hydrogen) atoms. The van der Waals surface area contributed by atoms with Crippen LogP contribution in [0.5, 0.6) is 0 Å². The third-order valence-electron chi connectivity index (χ3n) is 5.44. The Labute approximate surface area is 190 Å². The molecule has 5 aromatic rings. The number of aromatic nitrogens is 4. The molecule has 3 aromatic heterocycles. The number of fused-ring (bicyclic) bond motifs is 1. The number of carbonyl (C=O) groups excluding carboxylic acids is 1. The summed E-state index contributed by atoms with van der Waals surface area (Å²) in [7, 11) is 0. The van der Waals surface area contributed by atoms with Gasteiger partial charge in [0.2, 0.25) is 5.89 Å². The molecule has 0 saturated carbocycles. The van der Waals surface area contributed by atoms with Crippen molar-refractivity contribution in [3.8, 4) is 22.7 Å². The van der Waals surface area contributed by atoms with Crippen molar-refractivity contribution in [2.24, 2.45) is 0 Å². The third kappa shape index (κ3) is 4.13. The molecule has 0 bridgehead atoms. The van der Waals surface area contributed by atoms with Gasteiger partial charge >= 0.3 is 0 Å². The van der Waals surface area contributed by atoms with Crippen molar-refractivity contribution in [1.82, 2.24) is 20.2 Å². The Hall–Kier alpha value is -4.26. The summed E-state index contributed by atoms with van der Waals surface area (Å²) in [6.45, 7) is 6.51. The molecule has 0 spiro atoms. The van der Waals surface area contributed by atoms with Gasteiger partial charge in [-0.3, -0.25) is 14.9 Å². The van der Waals surface area contributed by atoms with E-state index < -0.39 is 0 Å². The lowest BCUT2D eigenvalue weighted by molar-refractivity contribution is 0.102. The van der Waals surface area contributed by atoms with Crippen LogP contribution in [0.3, 0.4) is 0 Å². The summed E-state index contributed by atoms with van der Waals surface area (Å²) in [5, 5.41) is 10.2. The molecule has 3 heterocycles. The molecular weight excluding hydrogens is 414 g/mol. The van der Waals surface area contributed by atoms with E-state index >= 15 is 0 Å². The number of nitrogens with one attached hydrogen (secondary N) is 2. The standard InChI is InChI=1S/C26H23N5O2/c1-26(2,3)18-9-10-22-21(13-18)30-25(33-22)20-15-28-31-23(20)16-6-4-8-19(12-16)29-24(32)17-7-5-11-27-14-17/h4-15H,1-3H3,(H,28,31)(H,29,32). The second kappa shape index (κ2) is 8.02. The Balaban J connectivity index is 1.47. The Morgan fingerprint density at radius 3 is 2.73 bits per heavy atom. The Kier molecular flexibility index (Phi) is 5.01. The number of pyridine rings is 1. The number of hydrogen-bond acceptors (Lipinski definition) is 5. The van der Waals surface area contributed by atoms with Crippen LogP contribution in [0, 0.1) is 0 Å². The van der Waals surface area contributed by atoms with Gasteiger partial charge in [-0.15, -0.1) is 0 Å². The zero-order valence-electron chi connectivity index (χ0n) is 18.6. The second-order valence-electron chi connectivity index (χ2n) is 8.88. The first-order chi connectivity index (χ1) is 15.9. The zero-order chi connectivity index (χ0) is 23.0. The molecule has 0 aliphatic rings. The van der Waals surface area contributed by atoms with Crippen molar-refractivity contribution < 1.29 is 9.21 Å². The van der Waals surface area contributed by atoms with E-state index in [-0.39, 0.29) is 11.3 Å². The molecule has 0 radical (unpaired) electrons. The van der Waals surface area contributed by atoms with Gasteiger partial charge in [-0.2, -0.15) is 5.10 Å². The predicted molar refractivity (Wildman–Crippen MR) is 128 cm³/mol. The summed E-state index contributed by atoms with van der Waals surface area (Å²) in [4.78, 5) is 21.2. The fraction of sp³-hybridized carbons (Fsp3) is 0.154.